The molecular formula is C22H19NO3. The van der Waals surface area contributed by atoms with Crippen LogP contribution in [-0.4, -0.2) is 19.0 Å². The van der Waals surface area contributed by atoms with E-state index in [1.165, 1.54) is 7.11 Å². The minimum Gasteiger partial charge on any atom is -0.465 e. The van der Waals surface area contributed by atoms with Gasteiger partial charge in [-0.25, -0.2) is 4.79 Å². The molecule has 0 atom stereocenters. The van der Waals surface area contributed by atoms with Crippen molar-refractivity contribution in [3.05, 3.63) is 107 Å². The zero-order chi connectivity index (χ0) is 18.4. The van der Waals surface area contributed by atoms with Gasteiger partial charge in [0.2, 0.25) is 0 Å². The number of esters is 1. The zero-order valence-corrected chi connectivity index (χ0v) is 14.4. The van der Waals surface area contributed by atoms with Gasteiger partial charge in [-0.2, -0.15) is 0 Å². The normalized spacial score (nSPS) is 10.4. The second kappa shape index (κ2) is 8.12. The second-order valence-corrected chi connectivity index (χ2v) is 5.80. The molecule has 4 nitrogen and oxygen atoms in total. The molecule has 3 rings (SSSR count). The molecule has 0 radical (unpaired) electrons. The van der Waals surface area contributed by atoms with Crippen LogP contribution in [0, 0.1) is 0 Å². The van der Waals surface area contributed by atoms with E-state index < -0.39 is 5.97 Å². The van der Waals surface area contributed by atoms with Gasteiger partial charge < -0.3 is 10.1 Å². The van der Waals surface area contributed by atoms with Crippen molar-refractivity contribution in [2.45, 2.75) is 6.04 Å². The van der Waals surface area contributed by atoms with E-state index in [0.717, 1.165) is 11.1 Å². The first kappa shape index (κ1) is 17.4. The lowest BCUT2D eigenvalue weighted by molar-refractivity contribution is 0.0600. The summed E-state index contributed by atoms with van der Waals surface area (Å²) in [5.41, 5.74) is 2.89. The molecule has 1 N–H and O–H groups in total. The van der Waals surface area contributed by atoms with E-state index in [-0.39, 0.29) is 11.9 Å². The summed E-state index contributed by atoms with van der Waals surface area (Å²) in [7, 11) is 1.33. The van der Waals surface area contributed by atoms with Gasteiger partial charge in [0, 0.05) is 5.56 Å². The standard InChI is InChI=1S/C22H19NO3/c1-26-22(25)19-14-12-18(13-15-19)21(24)23-20(16-8-4-2-5-9-16)17-10-6-3-7-11-17/h2-15,20H,1H3,(H,23,24). The molecule has 0 fully saturated rings. The molecule has 0 unspecified atom stereocenters. The van der Waals surface area contributed by atoms with Crippen molar-refractivity contribution in [3.8, 4) is 0 Å². The molecule has 3 aromatic rings. The highest BCUT2D eigenvalue weighted by atomic mass is 16.5. The highest BCUT2D eigenvalue weighted by Crippen LogP contribution is 2.22. The van der Waals surface area contributed by atoms with Crippen molar-refractivity contribution in [2.75, 3.05) is 7.11 Å². The second-order valence-electron chi connectivity index (χ2n) is 5.80. The number of rotatable bonds is 5. The molecule has 0 heterocycles. The Kier molecular flexibility index (Phi) is 5.44. The van der Waals surface area contributed by atoms with Crippen LogP contribution in [0.3, 0.4) is 0 Å². The molecule has 0 bridgehead atoms. The summed E-state index contributed by atoms with van der Waals surface area (Å²) in [6.45, 7) is 0. The van der Waals surface area contributed by atoms with Crippen LogP contribution in [0.4, 0.5) is 0 Å². The molecule has 3 aromatic carbocycles. The van der Waals surface area contributed by atoms with E-state index in [1.807, 2.05) is 60.7 Å². The maximum Gasteiger partial charge on any atom is 0.337 e. The van der Waals surface area contributed by atoms with Crippen LogP contribution in [-0.2, 0) is 4.74 Å². The van der Waals surface area contributed by atoms with Gasteiger partial charge in [0.15, 0.2) is 0 Å². The number of ether oxygens (including phenoxy) is 1. The predicted molar refractivity (Wildman–Crippen MR) is 100.0 cm³/mol. The minimum atomic E-state index is -0.427. The largest absolute Gasteiger partial charge is 0.465 e. The van der Waals surface area contributed by atoms with E-state index in [0.29, 0.717) is 11.1 Å². The molecule has 0 aliphatic heterocycles. The van der Waals surface area contributed by atoms with Crippen LogP contribution >= 0.6 is 0 Å². The quantitative estimate of drug-likeness (QED) is 0.711. The first-order valence-electron chi connectivity index (χ1n) is 8.28. The summed E-state index contributed by atoms with van der Waals surface area (Å²) < 4.78 is 4.68. The van der Waals surface area contributed by atoms with E-state index in [1.54, 1.807) is 24.3 Å². The molecule has 4 heteroatoms. The monoisotopic (exact) mass is 345 g/mol. The summed E-state index contributed by atoms with van der Waals surface area (Å²) in [6.07, 6.45) is 0. The van der Waals surface area contributed by atoms with Crippen LogP contribution in [0.2, 0.25) is 0 Å². The fourth-order valence-electron chi connectivity index (χ4n) is 2.74. The van der Waals surface area contributed by atoms with Crippen molar-refractivity contribution in [2.24, 2.45) is 0 Å². The van der Waals surface area contributed by atoms with Crippen molar-refractivity contribution >= 4 is 11.9 Å². The lowest BCUT2D eigenvalue weighted by atomic mass is 9.98. The van der Waals surface area contributed by atoms with E-state index in [2.05, 4.69) is 10.1 Å². The van der Waals surface area contributed by atoms with Gasteiger partial charge in [-0.05, 0) is 35.4 Å². The summed E-state index contributed by atoms with van der Waals surface area (Å²) in [5.74, 6) is -0.637. The zero-order valence-electron chi connectivity index (χ0n) is 14.4. The fraction of sp³-hybridized carbons (Fsp3) is 0.0909. The van der Waals surface area contributed by atoms with Crippen LogP contribution < -0.4 is 5.32 Å². The molecular weight excluding hydrogens is 326 g/mol. The van der Waals surface area contributed by atoms with E-state index >= 15 is 0 Å². The average Bonchev–Trinajstić information content (AvgIpc) is 2.72. The van der Waals surface area contributed by atoms with Crippen LogP contribution in [0.1, 0.15) is 37.9 Å². The number of amides is 1. The SMILES string of the molecule is COC(=O)c1ccc(C(=O)NC(c2ccccc2)c2ccccc2)cc1. The molecule has 0 saturated carbocycles. The molecule has 0 aliphatic rings. The molecule has 26 heavy (non-hydrogen) atoms. The molecule has 130 valence electrons. The van der Waals surface area contributed by atoms with Crippen LogP contribution in [0.5, 0.6) is 0 Å². The third-order valence-electron chi connectivity index (χ3n) is 4.11. The first-order valence-corrected chi connectivity index (χ1v) is 8.28. The highest BCUT2D eigenvalue weighted by molar-refractivity contribution is 5.96. The third-order valence-corrected chi connectivity index (χ3v) is 4.11. The Balaban J connectivity index is 1.85. The predicted octanol–water partition coefficient (Wildman–Crippen LogP) is 3.99. The van der Waals surface area contributed by atoms with Gasteiger partial charge in [0.25, 0.3) is 5.91 Å². The number of benzene rings is 3. The smallest absolute Gasteiger partial charge is 0.337 e. The summed E-state index contributed by atoms with van der Waals surface area (Å²) in [5, 5.41) is 3.07. The topological polar surface area (TPSA) is 55.4 Å². The van der Waals surface area contributed by atoms with Crippen molar-refractivity contribution in [3.63, 3.8) is 0 Å². The number of hydrogen-bond acceptors (Lipinski definition) is 3. The molecule has 0 saturated heterocycles. The van der Waals surface area contributed by atoms with E-state index in [4.69, 9.17) is 0 Å². The highest BCUT2D eigenvalue weighted by Gasteiger charge is 2.18. The van der Waals surface area contributed by atoms with Crippen LogP contribution in [0.15, 0.2) is 84.9 Å². The Morgan fingerprint density at radius 1 is 0.731 bits per heavy atom. The number of carbonyl (C=O) groups excluding carboxylic acids is 2. The lowest BCUT2D eigenvalue weighted by Gasteiger charge is -2.20. The Bertz CT molecular complexity index is 835. The molecule has 0 aliphatic carbocycles. The molecule has 1 amide bonds. The maximum atomic E-state index is 12.7. The number of methoxy groups -OCH3 is 1. The van der Waals surface area contributed by atoms with Crippen molar-refractivity contribution in [1.82, 2.24) is 5.32 Å². The van der Waals surface area contributed by atoms with Crippen molar-refractivity contribution in [1.29, 1.82) is 0 Å². The molecule has 0 aromatic heterocycles. The summed E-state index contributed by atoms with van der Waals surface area (Å²) in [4.78, 5) is 24.2. The van der Waals surface area contributed by atoms with Crippen LogP contribution in [0.25, 0.3) is 0 Å². The lowest BCUT2D eigenvalue weighted by Crippen LogP contribution is -2.29. The number of carbonyl (C=O) groups is 2. The fourth-order valence-corrected chi connectivity index (χ4v) is 2.74. The summed E-state index contributed by atoms with van der Waals surface area (Å²) >= 11 is 0. The Labute approximate surface area is 152 Å². The van der Waals surface area contributed by atoms with Gasteiger partial charge >= 0.3 is 5.97 Å². The first-order chi connectivity index (χ1) is 12.7. The minimum absolute atomic E-state index is 0.209. The van der Waals surface area contributed by atoms with Gasteiger partial charge in [-0.3, -0.25) is 4.79 Å². The van der Waals surface area contributed by atoms with Crippen molar-refractivity contribution < 1.29 is 14.3 Å². The molecule has 0 spiro atoms. The van der Waals surface area contributed by atoms with Gasteiger partial charge in [0.05, 0.1) is 18.7 Å². The van der Waals surface area contributed by atoms with Gasteiger partial charge in [-0.1, -0.05) is 60.7 Å². The average molecular weight is 345 g/mol. The van der Waals surface area contributed by atoms with Gasteiger partial charge in [0.1, 0.15) is 0 Å². The maximum absolute atomic E-state index is 12.7. The Morgan fingerprint density at radius 3 is 1.65 bits per heavy atom. The Morgan fingerprint density at radius 2 is 1.19 bits per heavy atom. The third kappa shape index (κ3) is 3.98. The van der Waals surface area contributed by atoms with Gasteiger partial charge in [-0.15, -0.1) is 0 Å². The number of hydrogen-bond donors (Lipinski definition) is 1. The summed E-state index contributed by atoms with van der Waals surface area (Å²) in [6, 6.07) is 25.8. The Hall–Kier alpha value is -3.40. The number of nitrogens with one attached hydrogen (secondary N) is 1. The van der Waals surface area contributed by atoms with E-state index in [9.17, 15) is 9.59 Å².